The minimum absolute atomic E-state index is 0.0563. The molecule has 0 atom stereocenters. The Bertz CT molecular complexity index is 958. The highest BCUT2D eigenvalue weighted by Gasteiger charge is 2.18. The lowest BCUT2D eigenvalue weighted by Gasteiger charge is -2.11. The number of hydrogen-bond donors (Lipinski definition) is 0. The minimum Gasteiger partial charge on any atom is -0.462 e. The number of carbonyl (C=O) groups is 4. The number of benzene rings is 2. The SMILES string of the molecule is CC(C)COC(=O)c1ccccc1OC(=O)CCCCC(=O)Oc1ccccc1C(=O)OCC(C)C. The molecule has 8 heteroatoms. The van der Waals surface area contributed by atoms with E-state index in [1.54, 1.807) is 24.3 Å². The molecule has 2 aromatic rings. The van der Waals surface area contributed by atoms with E-state index in [1.807, 2.05) is 27.7 Å². The van der Waals surface area contributed by atoms with E-state index in [4.69, 9.17) is 18.9 Å². The molecule has 0 aromatic heterocycles. The molecule has 0 radical (unpaired) electrons. The van der Waals surface area contributed by atoms with E-state index in [-0.39, 0.29) is 60.5 Å². The first-order valence-corrected chi connectivity index (χ1v) is 12.1. The minimum atomic E-state index is -0.553. The summed E-state index contributed by atoms with van der Waals surface area (Å²) in [6, 6.07) is 12.8. The van der Waals surface area contributed by atoms with Gasteiger partial charge in [0.1, 0.15) is 22.6 Å². The molecule has 0 aliphatic carbocycles. The standard InChI is InChI=1S/C28H34O8/c1-19(2)17-33-27(31)21-11-5-7-13-23(21)35-25(29)15-9-10-16-26(30)36-24-14-8-6-12-22(24)28(32)34-18-20(3)4/h5-8,11-14,19-20H,9-10,15-18H2,1-4H3. The van der Waals surface area contributed by atoms with E-state index in [0.717, 1.165) is 0 Å². The zero-order valence-electron chi connectivity index (χ0n) is 21.3. The zero-order valence-corrected chi connectivity index (χ0v) is 21.3. The highest BCUT2D eigenvalue weighted by Crippen LogP contribution is 2.22. The summed E-state index contributed by atoms with van der Waals surface area (Å²) >= 11 is 0. The number of unbranched alkanes of at least 4 members (excludes halogenated alkanes) is 1. The molecule has 0 amide bonds. The Morgan fingerprint density at radius 2 is 0.972 bits per heavy atom. The Morgan fingerprint density at radius 3 is 1.33 bits per heavy atom. The molecule has 0 aliphatic heterocycles. The van der Waals surface area contributed by atoms with E-state index in [9.17, 15) is 19.2 Å². The highest BCUT2D eigenvalue weighted by molar-refractivity contribution is 5.94. The van der Waals surface area contributed by atoms with E-state index in [1.165, 1.54) is 24.3 Å². The van der Waals surface area contributed by atoms with Gasteiger partial charge in [0, 0.05) is 12.8 Å². The van der Waals surface area contributed by atoms with Crippen molar-refractivity contribution in [1.82, 2.24) is 0 Å². The van der Waals surface area contributed by atoms with Crippen LogP contribution in [0.5, 0.6) is 11.5 Å². The summed E-state index contributed by atoms with van der Waals surface area (Å²) in [4.78, 5) is 49.1. The van der Waals surface area contributed by atoms with Crippen LogP contribution in [0.15, 0.2) is 48.5 Å². The topological polar surface area (TPSA) is 105 Å². The molecule has 0 aliphatic rings. The van der Waals surface area contributed by atoms with Gasteiger partial charge in [-0.1, -0.05) is 52.0 Å². The summed E-state index contributed by atoms with van der Waals surface area (Å²) in [6.45, 7) is 8.23. The number of para-hydroxylation sites is 2. The van der Waals surface area contributed by atoms with Crippen molar-refractivity contribution in [2.75, 3.05) is 13.2 Å². The lowest BCUT2D eigenvalue weighted by Crippen LogP contribution is -2.15. The summed E-state index contributed by atoms with van der Waals surface area (Å²) in [5.74, 6) is -1.51. The van der Waals surface area contributed by atoms with Crippen LogP contribution in [-0.2, 0) is 19.1 Å². The third kappa shape index (κ3) is 9.90. The van der Waals surface area contributed by atoms with Crippen molar-refractivity contribution in [2.24, 2.45) is 11.8 Å². The summed E-state index contributed by atoms with van der Waals surface area (Å²) in [5, 5.41) is 0. The molecule has 0 saturated heterocycles. The summed E-state index contributed by atoms with van der Waals surface area (Å²) < 4.78 is 21.1. The first-order chi connectivity index (χ1) is 17.2. The molecule has 0 spiro atoms. The van der Waals surface area contributed by atoms with E-state index in [0.29, 0.717) is 12.8 Å². The maximum absolute atomic E-state index is 12.3. The van der Waals surface area contributed by atoms with Gasteiger partial charge in [0.2, 0.25) is 0 Å². The molecule has 2 aromatic carbocycles. The zero-order chi connectivity index (χ0) is 26.5. The highest BCUT2D eigenvalue weighted by atomic mass is 16.6. The van der Waals surface area contributed by atoms with Gasteiger partial charge in [0.05, 0.1) is 13.2 Å². The van der Waals surface area contributed by atoms with Gasteiger partial charge in [-0.3, -0.25) is 9.59 Å². The summed E-state index contributed by atoms with van der Waals surface area (Å²) in [6.07, 6.45) is 0.874. The van der Waals surface area contributed by atoms with Crippen molar-refractivity contribution in [1.29, 1.82) is 0 Å². The van der Waals surface area contributed by atoms with Crippen LogP contribution in [0.3, 0.4) is 0 Å². The van der Waals surface area contributed by atoms with Gasteiger partial charge in [0.15, 0.2) is 0 Å². The van der Waals surface area contributed by atoms with Crippen LogP contribution in [0.4, 0.5) is 0 Å². The number of rotatable bonds is 13. The molecule has 36 heavy (non-hydrogen) atoms. The fraction of sp³-hybridized carbons (Fsp3) is 0.429. The Balaban J connectivity index is 1.80. The maximum atomic E-state index is 12.3. The number of ether oxygens (including phenoxy) is 4. The van der Waals surface area contributed by atoms with Crippen molar-refractivity contribution in [2.45, 2.75) is 53.4 Å². The Labute approximate surface area is 211 Å². The lowest BCUT2D eigenvalue weighted by molar-refractivity contribution is -0.136. The molecule has 0 saturated carbocycles. The van der Waals surface area contributed by atoms with Crippen LogP contribution in [0.2, 0.25) is 0 Å². The first kappa shape index (κ1) is 28.6. The predicted octanol–water partition coefficient (Wildman–Crippen LogP) is 5.38. The second kappa shape index (κ2) is 14.7. The van der Waals surface area contributed by atoms with Crippen molar-refractivity contribution in [3.05, 3.63) is 59.7 Å². The molecule has 0 N–H and O–H groups in total. The third-order valence-electron chi connectivity index (χ3n) is 4.77. The average Bonchev–Trinajstić information content (AvgIpc) is 2.84. The van der Waals surface area contributed by atoms with E-state index < -0.39 is 23.9 Å². The molecular formula is C28H34O8. The largest absolute Gasteiger partial charge is 0.462 e. The van der Waals surface area contributed by atoms with Crippen LogP contribution in [0.25, 0.3) is 0 Å². The second-order valence-corrected chi connectivity index (χ2v) is 9.13. The van der Waals surface area contributed by atoms with Gasteiger partial charge in [-0.05, 0) is 48.9 Å². The molecule has 0 fully saturated rings. The fourth-order valence-electron chi connectivity index (χ4n) is 2.97. The normalized spacial score (nSPS) is 10.7. The average molecular weight is 499 g/mol. The quantitative estimate of drug-likeness (QED) is 0.206. The third-order valence-corrected chi connectivity index (χ3v) is 4.77. The molecular weight excluding hydrogens is 464 g/mol. The van der Waals surface area contributed by atoms with Crippen LogP contribution in [0, 0.1) is 11.8 Å². The Morgan fingerprint density at radius 1 is 0.611 bits per heavy atom. The number of hydrogen-bond acceptors (Lipinski definition) is 8. The monoisotopic (exact) mass is 498 g/mol. The molecule has 194 valence electrons. The fourth-order valence-corrected chi connectivity index (χ4v) is 2.97. The molecule has 8 nitrogen and oxygen atoms in total. The molecule has 0 heterocycles. The number of esters is 4. The van der Waals surface area contributed by atoms with Crippen LogP contribution in [0.1, 0.15) is 74.1 Å². The van der Waals surface area contributed by atoms with Crippen LogP contribution >= 0.6 is 0 Å². The van der Waals surface area contributed by atoms with E-state index >= 15 is 0 Å². The molecule has 0 unspecified atom stereocenters. The molecule has 2 rings (SSSR count). The summed E-state index contributed by atoms with van der Waals surface area (Å²) in [7, 11) is 0. The second-order valence-electron chi connectivity index (χ2n) is 9.13. The van der Waals surface area contributed by atoms with Gasteiger partial charge in [-0.25, -0.2) is 9.59 Å². The Hall–Kier alpha value is -3.68. The van der Waals surface area contributed by atoms with Gasteiger partial charge >= 0.3 is 23.9 Å². The summed E-state index contributed by atoms with van der Waals surface area (Å²) in [5.41, 5.74) is 0.362. The van der Waals surface area contributed by atoms with Gasteiger partial charge in [-0.15, -0.1) is 0 Å². The van der Waals surface area contributed by atoms with Crippen LogP contribution in [-0.4, -0.2) is 37.1 Å². The van der Waals surface area contributed by atoms with Gasteiger partial charge in [0.25, 0.3) is 0 Å². The maximum Gasteiger partial charge on any atom is 0.341 e. The molecule has 0 bridgehead atoms. The lowest BCUT2D eigenvalue weighted by atomic mass is 10.1. The smallest absolute Gasteiger partial charge is 0.341 e. The van der Waals surface area contributed by atoms with Gasteiger partial charge in [-0.2, -0.15) is 0 Å². The van der Waals surface area contributed by atoms with Crippen LogP contribution < -0.4 is 9.47 Å². The number of carbonyl (C=O) groups excluding carboxylic acids is 4. The Kier molecular flexibility index (Phi) is 11.6. The van der Waals surface area contributed by atoms with E-state index in [2.05, 4.69) is 0 Å². The van der Waals surface area contributed by atoms with Crippen molar-refractivity contribution in [3.63, 3.8) is 0 Å². The van der Waals surface area contributed by atoms with Crippen molar-refractivity contribution >= 4 is 23.9 Å². The predicted molar refractivity (Wildman–Crippen MR) is 133 cm³/mol. The van der Waals surface area contributed by atoms with Crippen molar-refractivity contribution < 1.29 is 38.1 Å². The van der Waals surface area contributed by atoms with Crippen molar-refractivity contribution in [3.8, 4) is 11.5 Å². The first-order valence-electron chi connectivity index (χ1n) is 12.1. The van der Waals surface area contributed by atoms with Gasteiger partial charge < -0.3 is 18.9 Å².